The van der Waals surface area contributed by atoms with Gasteiger partial charge in [0.15, 0.2) is 5.15 Å². The van der Waals surface area contributed by atoms with Crippen LogP contribution < -0.4 is 5.73 Å². The molecule has 6 heteroatoms. The molecule has 0 saturated heterocycles. The van der Waals surface area contributed by atoms with E-state index in [9.17, 15) is 8.78 Å². The van der Waals surface area contributed by atoms with Crippen LogP contribution in [0.2, 0.25) is 5.15 Å². The van der Waals surface area contributed by atoms with E-state index in [0.29, 0.717) is 0 Å². The molecule has 0 atom stereocenters. The van der Waals surface area contributed by atoms with E-state index in [2.05, 4.69) is 4.98 Å². The molecule has 0 radical (unpaired) electrons. The number of aryl methyl sites for hydroxylation is 1. The van der Waals surface area contributed by atoms with Gasteiger partial charge in [-0.3, -0.25) is 0 Å². The van der Waals surface area contributed by atoms with E-state index in [4.69, 9.17) is 17.3 Å². The van der Waals surface area contributed by atoms with Crippen LogP contribution in [0, 0.1) is 0 Å². The zero-order valence-corrected chi connectivity index (χ0v) is 7.15. The minimum absolute atomic E-state index is 0.201. The van der Waals surface area contributed by atoms with Crippen LogP contribution in [-0.4, -0.2) is 16.1 Å². The third-order valence-corrected chi connectivity index (χ3v) is 1.77. The van der Waals surface area contributed by atoms with Gasteiger partial charge >= 0.3 is 5.92 Å². The molecule has 0 fully saturated rings. The molecule has 1 rings (SSSR count). The maximum Gasteiger partial charge on any atom is 0.302 e. The summed E-state index contributed by atoms with van der Waals surface area (Å²) >= 11 is 5.44. The molecule has 68 valence electrons. The third-order valence-electron chi connectivity index (χ3n) is 1.50. The van der Waals surface area contributed by atoms with Crippen molar-refractivity contribution in [2.45, 2.75) is 5.92 Å². The van der Waals surface area contributed by atoms with Gasteiger partial charge in [-0.15, -0.1) is 0 Å². The first kappa shape index (κ1) is 9.41. The van der Waals surface area contributed by atoms with Crippen molar-refractivity contribution in [1.29, 1.82) is 0 Å². The van der Waals surface area contributed by atoms with Crippen molar-refractivity contribution >= 4 is 11.6 Å². The molecule has 1 heterocycles. The van der Waals surface area contributed by atoms with E-state index < -0.39 is 12.5 Å². The average Bonchev–Trinajstić information content (AvgIpc) is 2.31. The lowest BCUT2D eigenvalue weighted by molar-refractivity contribution is -0.00130. The van der Waals surface area contributed by atoms with Crippen molar-refractivity contribution in [3.63, 3.8) is 0 Å². The first-order chi connectivity index (χ1) is 5.49. The molecule has 0 spiro atoms. The van der Waals surface area contributed by atoms with Gasteiger partial charge in [0.05, 0.1) is 12.9 Å². The second-order valence-electron chi connectivity index (χ2n) is 2.40. The fourth-order valence-electron chi connectivity index (χ4n) is 0.907. The predicted molar refractivity (Wildman–Crippen MR) is 41.2 cm³/mol. The van der Waals surface area contributed by atoms with Crippen LogP contribution >= 0.6 is 11.6 Å². The average molecular weight is 196 g/mol. The van der Waals surface area contributed by atoms with Gasteiger partial charge in [-0.1, -0.05) is 11.6 Å². The SMILES string of the molecule is Cn1cnc(Cl)c1C(F)(F)CN. The Kier molecular flexibility index (Phi) is 2.34. The molecule has 0 aliphatic heterocycles. The first-order valence-corrected chi connectivity index (χ1v) is 3.62. The van der Waals surface area contributed by atoms with E-state index in [-0.39, 0.29) is 10.8 Å². The van der Waals surface area contributed by atoms with Crippen LogP contribution in [0.5, 0.6) is 0 Å². The summed E-state index contributed by atoms with van der Waals surface area (Å²) < 4.78 is 27.1. The monoisotopic (exact) mass is 195 g/mol. The maximum absolute atomic E-state index is 13.0. The number of aromatic nitrogens is 2. The Labute approximate surface area is 73.1 Å². The van der Waals surface area contributed by atoms with E-state index >= 15 is 0 Å². The molecule has 0 bridgehead atoms. The normalized spacial score (nSPS) is 12.1. The lowest BCUT2D eigenvalue weighted by Gasteiger charge is -2.14. The van der Waals surface area contributed by atoms with Crippen molar-refractivity contribution in [2.24, 2.45) is 12.8 Å². The predicted octanol–water partition coefficient (Wildman–Crippen LogP) is 1.12. The summed E-state index contributed by atoms with van der Waals surface area (Å²) in [5.74, 6) is -3.11. The van der Waals surface area contributed by atoms with Crippen molar-refractivity contribution in [2.75, 3.05) is 6.54 Å². The molecule has 0 aliphatic carbocycles. The van der Waals surface area contributed by atoms with Crippen LogP contribution in [0.15, 0.2) is 6.33 Å². The Morgan fingerprint density at radius 2 is 2.33 bits per heavy atom. The Hall–Kier alpha value is -0.680. The highest BCUT2D eigenvalue weighted by molar-refractivity contribution is 6.30. The third kappa shape index (κ3) is 1.42. The maximum atomic E-state index is 13.0. The van der Waals surface area contributed by atoms with Gasteiger partial charge in [0.2, 0.25) is 0 Å². The minimum atomic E-state index is -3.11. The lowest BCUT2D eigenvalue weighted by atomic mass is 10.2. The minimum Gasteiger partial charge on any atom is -0.331 e. The van der Waals surface area contributed by atoms with Crippen LogP contribution in [0.3, 0.4) is 0 Å². The molecule has 0 saturated carbocycles. The zero-order valence-electron chi connectivity index (χ0n) is 6.39. The Balaban J connectivity index is 3.17. The standard InChI is InChI=1S/C6H8ClF2N3/c1-12-3-11-5(7)4(12)6(8,9)2-10/h3H,2,10H2,1H3. The number of hydrogen-bond acceptors (Lipinski definition) is 2. The molecular weight excluding hydrogens is 188 g/mol. The van der Waals surface area contributed by atoms with Crippen molar-refractivity contribution in [3.8, 4) is 0 Å². The molecule has 1 aromatic rings. The topological polar surface area (TPSA) is 43.8 Å². The zero-order chi connectivity index (χ0) is 9.35. The number of hydrogen-bond donors (Lipinski definition) is 1. The summed E-state index contributed by atoms with van der Waals surface area (Å²) in [7, 11) is 1.44. The molecule has 1 aromatic heterocycles. The molecule has 3 nitrogen and oxygen atoms in total. The summed E-state index contributed by atoms with van der Waals surface area (Å²) in [6, 6.07) is 0. The number of nitrogens with zero attached hydrogens (tertiary/aromatic N) is 2. The molecule has 12 heavy (non-hydrogen) atoms. The highest BCUT2D eigenvalue weighted by Crippen LogP contribution is 2.30. The Morgan fingerprint density at radius 3 is 2.67 bits per heavy atom. The van der Waals surface area contributed by atoms with Crippen LogP contribution in [0.4, 0.5) is 8.78 Å². The first-order valence-electron chi connectivity index (χ1n) is 3.24. The molecule has 0 aliphatic rings. The van der Waals surface area contributed by atoms with Gasteiger partial charge in [-0.2, -0.15) is 8.78 Å². The quantitative estimate of drug-likeness (QED) is 0.769. The lowest BCUT2D eigenvalue weighted by Crippen LogP contribution is -2.27. The molecule has 0 aromatic carbocycles. The fraction of sp³-hybridized carbons (Fsp3) is 0.500. The van der Waals surface area contributed by atoms with Crippen molar-refractivity contribution < 1.29 is 8.78 Å². The van der Waals surface area contributed by atoms with Crippen molar-refractivity contribution in [1.82, 2.24) is 9.55 Å². The number of imidazole rings is 1. The van der Waals surface area contributed by atoms with Gasteiger partial charge < -0.3 is 10.3 Å². The number of alkyl halides is 2. The van der Waals surface area contributed by atoms with Gasteiger partial charge in [0.25, 0.3) is 0 Å². The summed E-state index contributed by atoms with van der Waals surface area (Å²) in [6.07, 6.45) is 1.22. The van der Waals surface area contributed by atoms with Gasteiger partial charge in [0.1, 0.15) is 5.69 Å². The van der Waals surface area contributed by atoms with Gasteiger partial charge in [0, 0.05) is 7.05 Å². The second-order valence-corrected chi connectivity index (χ2v) is 2.76. The molecule has 0 amide bonds. The van der Waals surface area contributed by atoms with Gasteiger partial charge in [-0.25, -0.2) is 4.98 Å². The number of halogens is 3. The molecule has 0 unspecified atom stereocenters. The summed E-state index contributed by atoms with van der Waals surface area (Å²) in [5, 5.41) is -0.201. The van der Waals surface area contributed by atoms with E-state index in [1.54, 1.807) is 0 Å². The summed E-state index contributed by atoms with van der Waals surface area (Å²) in [4.78, 5) is 3.52. The summed E-state index contributed by atoms with van der Waals surface area (Å²) in [6.45, 7) is -0.772. The van der Waals surface area contributed by atoms with Crippen molar-refractivity contribution in [3.05, 3.63) is 17.2 Å². The number of nitrogens with two attached hydrogens (primary N) is 1. The Bertz CT molecular complexity index is 265. The van der Waals surface area contributed by atoms with E-state index in [0.717, 1.165) is 4.57 Å². The highest BCUT2D eigenvalue weighted by atomic mass is 35.5. The Morgan fingerprint density at radius 1 is 1.75 bits per heavy atom. The smallest absolute Gasteiger partial charge is 0.302 e. The molecule has 2 N–H and O–H groups in total. The fourth-order valence-corrected chi connectivity index (χ4v) is 1.22. The van der Waals surface area contributed by atoms with E-state index in [1.165, 1.54) is 13.4 Å². The summed E-state index contributed by atoms with van der Waals surface area (Å²) in [5.41, 5.74) is 4.54. The molecular formula is C6H8ClF2N3. The van der Waals surface area contributed by atoms with Crippen LogP contribution in [0.1, 0.15) is 5.69 Å². The van der Waals surface area contributed by atoms with E-state index in [1.807, 2.05) is 0 Å². The van der Waals surface area contributed by atoms with Crippen LogP contribution in [-0.2, 0) is 13.0 Å². The second kappa shape index (κ2) is 2.99. The number of rotatable bonds is 2. The largest absolute Gasteiger partial charge is 0.331 e. The van der Waals surface area contributed by atoms with Gasteiger partial charge in [-0.05, 0) is 0 Å². The highest BCUT2D eigenvalue weighted by Gasteiger charge is 2.35. The van der Waals surface area contributed by atoms with Crippen LogP contribution in [0.25, 0.3) is 0 Å².